The molecule has 0 heterocycles. The first kappa shape index (κ1) is 50.4. The molecule has 0 spiro atoms. The molecule has 0 aromatic carbocycles. The lowest BCUT2D eigenvalue weighted by Gasteiger charge is -1.69. The van der Waals surface area contributed by atoms with Crippen molar-refractivity contribution >= 4 is 11.6 Å². The Hall–Kier alpha value is -0.410. The van der Waals surface area contributed by atoms with E-state index in [2.05, 4.69) is 5.73 Å². The van der Waals surface area contributed by atoms with Crippen molar-refractivity contribution in [1.29, 1.82) is 10.8 Å². The van der Waals surface area contributed by atoms with E-state index in [1.807, 2.05) is 41.5 Å². The third kappa shape index (κ3) is 1910. The first-order valence-electron chi connectivity index (χ1n) is 6.80. The predicted molar refractivity (Wildman–Crippen MR) is 94.1 cm³/mol. The van der Waals surface area contributed by atoms with Crippen LogP contribution in [0.5, 0.6) is 0 Å². The number of hydrogen-bond acceptors (Lipinski definition) is 5. The third-order valence-corrected chi connectivity index (χ3v) is 0.791. The Labute approximate surface area is 134 Å². The number of rotatable bonds is 2. The molecule has 0 aromatic rings. The van der Waals surface area contributed by atoms with Crippen LogP contribution in [-0.2, 0) is 0 Å². The molecule has 0 aliphatic rings. The van der Waals surface area contributed by atoms with Crippen LogP contribution < -0.4 is 5.73 Å². The molecule has 0 amide bonds. The van der Waals surface area contributed by atoms with Gasteiger partial charge in [0.15, 0.2) is 0 Å². The van der Waals surface area contributed by atoms with Gasteiger partial charge in [-0.25, -0.2) is 0 Å². The van der Waals surface area contributed by atoms with Gasteiger partial charge in [-0.05, 0) is 26.8 Å². The molecule has 0 unspecified atom stereocenters. The van der Waals surface area contributed by atoms with Gasteiger partial charge in [-0.3, -0.25) is 0 Å². The van der Waals surface area contributed by atoms with E-state index in [1.54, 1.807) is 6.92 Å². The highest BCUT2D eigenvalue weighted by atomic mass is 35.5. The van der Waals surface area contributed by atoms with E-state index in [9.17, 15) is 0 Å². The minimum atomic E-state index is 0. The SMILES string of the molecule is C.CC.CC.CCCCl.CCCO.CCO.CN.N#N. The molecule has 0 saturated heterocycles. The smallest absolute Gasteiger partial charge is 0.0428 e. The van der Waals surface area contributed by atoms with Crippen molar-refractivity contribution in [3.05, 3.63) is 0 Å². The molecule has 132 valence electrons. The average molecular weight is 320 g/mol. The molecule has 0 rings (SSSR count). The summed E-state index contributed by atoms with van der Waals surface area (Å²) in [5.41, 5.74) is 4.50. The van der Waals surface area contributed by atoms with Gasteiger partial charge in [0.05, 0.1) is 0 Å². The van der Waals surface area contributed by atoms with Gasteiger partial charge < -0.3 is 15.9 Å². The van der Waals surface area contributed by atoms with E-state index in [-0.39, 0.29) is 14.0 Å². The highest BCUT2D eigenvalue weighted by Gasteiger charge is 1.59. The van der Waals surface area contributed by atoms with Crippen molar-refractivity contribution < 1.29 is 10.2 Å². The molecular formula is C14H42ClN3O2. The number of aliphatic hydroxyl groups excluding tert-OH is 2. The molecule has 4 N–H and O–H groups in total. The third-order valence-electron chi connectivity index (χ3n) is 0.413. The zero-order valence-electron chi connectivity index (χ0n) is 14.3. The summed E-state index contributed by atoms with van der Waals surface area (Å²) < 4.78 is 0. The van der Waals surface area contributed by atoms with Gasteiger partial charge in [-0.2, -0.15) is 0 Å². The molecule has 0 saturated carbocycles. The Morgan fingerprint density at radius 2 is 0.950 bits per heavy atom. The maximum atomic E-state index is 7.88. The summed E-state index contributed by atoms with van der Waals surface area (Å²) in [5.74, 6) is 0.792. The predicted octanol–water partition coefficient (Wildman–Crippen LogP) is 4.32. The van der Waals surface area contributed by atoms with Gasteiger partial charge in [0.1, 0.15) is 0 Å². The van der Waals surface area contributed by atoms with Crippen LogP contribution in [0.4, 0.5) is 0 Å². The highest BCUT2D eigenvalue weighted by Crippen LogP contribution is 1.75. The summed E-state index contributed by atoms with van der Waals surface area (Å²) in [4.78, 5) is 0. The molecule has 0 aliphatic heterocycles. The number of nitrogens with zero attached hydrogens (tertiary/aromatic N) is 2. The van der Waals surface area contributed by atoms with Crippen LogP contribution in [0.15, 0.2) is 0 Å². The van der Waals surface area contributed by atoms with Crippen molar-refractivity contribution in [2.45, 2.75) is 68.7 Å². The van der Waals surface area contributed by atoms with Gasteiger partial charge >= 0.3 is 0 Å². The fourth-order valence-corrected chi connectivity index (χ4v) is 0. The first-order valence-corrected chi connectivity index (χ1v) is 7.33. The summed E-state index contributed by atoms with van der Waals surface area (Å²) in [6.07, 6.45) is 1.96. The molecule has 0 aliphatic carbocycles. The molecule has 5 nitrogen and oxygen atoms in total. The minimum Gasteiger partial charge on any atom is -0.397 e. The van der Waals surface area contributed by atoms with E-state index in [4.69, 9.17) is 32.6 Å². The normalized spacial score (nSPS) is 4.90. The van der Waals surface area contributed by atoms with E-state index < -0.39 is 0 Å². The fraction of sp³-hybridized carbons (Fsp3) is 1.00. The second-order valence-corrected chi connectivity index (χ2v) is 2.11. The maximum Gasteiger partial charge on any atom is 0.0428 e. The van der Waals surface area contributed by atoms with Crippen molar-refractivity contribution in [1.82, 2.24) is 0 Å². The van der Waals surface area contributed by atoms with Crippen LogP contribution in [-0.4, -0.2) is 36.4 Å². The summed E-state index contributed by atoms with van der Waals surface area (Å²) >= 11 is 5.19. The average Bonchev–Trinajstić information content (AvgIpc) is 2.55. The van der Waals surface area contributed by atoms with Crippen LogP contribution in [0.25, 0.3) is 0 Å². The van der Waals surface area contributed by atoms with Crippen molar-refractivity contribution in [2.24, 2.45) is 5.73 Å². The molecule has 6 heteroatoms. The minimum absolute atomic E-state index is 0. The Bertz CT molecular complexity index is 61.6. The van der Waals surface area contributed by atoms with Gasteiger partial charge in [0.2, 0.25) is 0 Å². The number of hydrogen-bond donors (Lipinski definition) is 3. The molecule has 0 fully saturated rings. The zero-order chi connectivity index (χ0) is 17.5. The van der Waals surface area contributed by atoms with Gasteiger partial charge in [0.25, 0.3) is 0 Å². The van der Waals surface area contributed by atoms with E-state index in [0.717, 1.165) is 18.7 Å². The first-order chi connectivity index (χ1) is 9.24. The topological polar surface area (TPSA) is 114 Å². The molecule has 0 radical (unpaired) electrons. The molecule has 20 heavy (non-hydrogen) atoms. The standard InChI is InChI=1S/C3H7Cl.C3H8O.C2H6O.2C2H6.CH5N.CH4.N2/c2*1-2-3-4;1-2-3;3*1-2;;1-2/h2-3H2,1H3;4H,2-3H2,1H3;3H,2H2,1H3;2*1-2H3;2H2,1H3;1H4;. The number of halogens is 1. The van der Waals surface area contributed by atoms with Crippen LogP contribution in [0.1, 0.15) is 68.7 Å². The fourth-order valence-electron chi connectivity index (χ4n) is 0. The lowest BCUT2D eigenvalue weighted by molar-refractivity contribution is 0.295. The van der Waals surface area contributed by atoms with Crippen molar-refractivity contribution in [2.75, 3.05) is 26.1 Å². The van der Waals surface area contributed by atoms with Crippen molar-refractivity contribution in [3.8, 4) is 0 Å². The monoisotopic (exact) mass is 319 g/mol. The quantitative estimate of drug-likeness (QED) is 0.518. The van der Waals surface area contributed by atoms with Gasteiger partial charge in [0, 0.05) is 29.9 Å². The number of aliphatic hydroxyl groups is 2. The number of nitrogens with two attached hydrogens (primary N) is 1. The van der Waals surface area contributed by atoms with Crippen LogP contribution in [0.3, 0.4) is 0 Å². The second-order valence-electron chi connectivity index (χ2n) is 1.73. The lowest BCUT2D eigenvalue weighted by atomic mass is 10.5. The second kappa shape index (κ2) is 273. The van der Waals surface area contributed by atoms with Crippen LogP contribution in [0, 0.1) is 10.8 Å². The molecular weight excluding hydrogens is 278 g/mol. The molecule has 0 bridgehead atoms. The van der Waals surface area contributed by atoms with E-state index in [1.165, 1.54) is 7.05 Å². The maximum absolute atomic E-state index is 7.88. The Balaban J connectivity index is -0.0000000143. The summed E-state index contributed by atoms with van der Waals surface area (Å²) in [7, 11) is 1.50. The van der Waals surface area contributed by atoms with Crippen molar-refractivity contribution in [3.63, 3.8) is 0 Å². The number of alkyl halides is 1. The highest BCUT2D eigenvalue weighted by molar-refractivity contribution is 6.17. The van der Waals surface area contributed by atoms with Crippen LogP contribution in [0.2, 0.25) is 0 Å². The van der Waals surface area contributed by atoms with Gasteiger partial charge in [-0.15, -0.1) is 11.6 Å². The van der Waals surface area contributed by atoms with E-state index >= 15 is 0 Å². The summed E-state index contributed by atoms with van der Waals surface area (Å²) in [5, 5.41) is 27.4. The lowest BCUT2D eigenvalue weighted by Crippen LogP contribution is -1.69. The summed E-state index contributed by atoms with van der Waals surface area (Å²) in [6, 6.07) is 0. The largest absolute Gasteiger partial charge is 0.397 e. The Morgan fingerprint density at radius 1 is 0.850 bits per heavy atom. The zero-order valence-corrected chi connectivity index (χ0v) is 15.0. The molecule has 0 atom stereocenters. The van der Waals surface area contributed by atoms with Crippen LogP contribution >= 0.6 is 11.6 Å². The Kier molecular flexibility index (Phi) is 688. The molecule has 0 aromatic heterocycles. The van der Waals surface area contributed by atoms with Gasteiger partial charge in [-0.1, -0.05) is 49.0 Å². The van der Waals surface area contributed by atoms with E-state index in [0.29, 0.717) is 6.61 Å². The summed E-state index contributed by atoms with van der Waals surface area (Å²) in [6.45, 7) is 14.2. The Morgan fingerprint density at radius 3 is 0.950 bits per heavy atom.